The van der Waals surface area contributed by atoms with Crippen molar-refractivity contribution in [3.8, 4) is 11.5 Å². The predicted octanol–water partition coefficient (Wildman–Crippen LogP) is 5.25. The Morgan fingerprint density at radius 2 is 1.72 bits per heavy atom. The van der Waals surface area contributed by atoms with Crippen molar-refractivity contribution in [2.75, 3.05) is 11.9 Å². The Morgan fingerprint density at radius 3 is 2.36 bits per heavy atom. The second-order valence-electron chi connectivity index (χ2n) is 7.78. The Balaban J connectivity index is 1.43. The Bertz CT molecular complexity index is 1560. The van der Waals surface area contributed by atoms with Gasteiger partial charge in [-0.1, -0.05) is 12.1 Å². The number of carbonyl (C=O) groups is 3. The van der Waals surface area contributed by atoms with E-state index in [0.717, 1.165) is 30.3 Å². The topological polar surface area (TPSA) is 162 Å². The smallest absolute Gasteiger partial charge is 0.318 e. The van der Waals surface area contributed by atoms with Gasteiger partial charge in [0, 0.05) is 12.1 Å². The van der Waals surface area contributed by atoms with E-state index in [0.29, 0.717) is 28.3 Å². The number of rotatable bonds is 8. The lowest BCUT2D eigenvalue weighted by molar-refractivity contribution is -0.394. The van der Waals surface area contributed by atoms with Gasteiger partial charge in [0.15, 0.2) is 0 Å². The van der Waals surface area contributed by atoms with E-state index in [4.69, 9.17) is 4.74 Å². The van der Waals surface area contributed by atoms with Crippen LogP contribution in [-0.2, 0) is 9.59 Å². The maximum Gasteiger partial charge on any atom is 0.318 e. The highest BCUT2D eigenvalue weighted by atomic mass is 32.2. The van der Waals surface area contributed by atoms with Crippen LogP contribution in [0.25, 0.3) is 6.08 Å². The second kappa shape index (κ2) is 11.1. The molecule has 0 aromatic heterocycles. The fourth-order valence-electron chi connectivity index (χ4n) is 3.32. The molecule has 0 atom stereocenters. The van der Waals surface area contributed by atoms with E-state index >= 15 is 0 Å². The van der Waals surface area contributed by atoms with Crippen molar-refractivity contribution in [2.45, 2.75) is 0 Å². The van der Waals surface area contributed by atoms with E-state index in [1.54, 1.807) is 0 Å². The number of amides is 3. The molecule has 1 aliphatic heterocycles. The van der Waals surface area contributed by atoms with Gasteiger partial charge in [0.05, 0.1) is 26.5 Å². The largest absolute Gasteiger partial charge is 0.450 e. The van der Waals surface area contributed by atoms with Gasteiger partial charge in [-0.3, -0.25) is 39.5 Å². The molecule has 4 rings (SSSR count). The molecule has 12 nitrogen and oxygen atoms in total. The Morgan fingerprint density at radius 1 is 1.00 bits per heavy atom. The Labute approximate surface area is 221 Å². The molecule has 1 N–H and O–H groups in total. The highest BCUT2D eigenvalue weighted by molar-refractivity contribution is 8.18. The van der Waals surface area contributed by atoms with Crippen molar-refractivity contribution >= 4 is 52.0 Å². The van der Waals surface area contributed by atoms with Crippen LogP contribution in [0.4, 0.5) is 30.6 Å². The van der Waals surface area contributed by atoms with Crippen LogP contribution < -0.4 is 10.1 Å². The predicted molar refractivity (Wildman–Crippen MR) is 134 cm³/mol. The Hall–Kier alpha value is -5.18. The molecule has 39 heavy (non-hydrogen) atoms. The third kappa shape index (κ3) is 6.22. The minimum Gasteiger partial charge on any atom is -0.450 e. The maximum absolute atomic E-state index is 13.8. The molecule has 1 fully saturated rings. The number of nitrogens with one attached hydrogen (secondary N) is 1. The zero-order chi connectivity index (χ0) is 28.3. The number of anilines is 1. The average Bonchev–Trinajstić information content (AvgIpc) is 3.14. The summed E-state index contributed by atoms with van der Waals surface area (Å²) in [6.45, 7) is -0.695. The van der Waals surface area contributed by atoms with Gasteiger partial charge < -0.3 is 10.1 Å². The molecule has 1 aliphatic rings. The summed E-state index contributed by atoms with van der Waals surface area (Å²) in [6.07, 6.45) is 1.38. The first-order valence-electron chi connectivity index (χ1n) is 10.7. The lowest BCUT2D eigenvalue weighted by Crippen LogP contribution is -2.36. The first-order valence-corrected chi connectivity index (χ1v) is 11.5. The molecule has 1 saturated heterocycles. The van der Waals surface area contributed by atoms with E-state index in [-0.39, 0.29) is 22.1 Å². The third-order valence-electron chi connectivity index (χ3n) is 5.14. The van der Waals surface area contributed by atoms with Crippen LogP contribution in [-0.4, -0.2) is 38.3 Å². The van der Waals surface area contributed by atoms with Crippen LogP contribution in [0.3, 0.4) is 0 Å². The summed E-state index contributed by atoms with van der Waals surface area (Å²) in [5, 5.41) is 23.6. The van der Waals surface area contributed by atoms with Crippen LogP contribution in [0.5, 0.6) is 11.5 Å². The van der Waals surface area contributed by atoms with E-state index in [9.17, 15) is 43.4 Å². The molecule has 0 bridgehead atoms. The number of thioether (sulfide) groups is 1. The highest BCUT2D eigenvalue weighted by Gasteiger charge is 2.36. The molecule has 3 amide bonds. The van der Waals surface area contributed by atoms with Crippen molar-refractivity contribution in [1.82, 2.24) is 4.90 Å². The monoisotopic (exact) mass is 556 g/mol. The summed E-state index contributed by atoms with van der Waals surface area (Å²) in [5.41, 5.74) is -0.944. The van der Waals surface area contributed by atoms with Crippen molar-refractivity contribution < 1.29 is 37.7 Å². The zero-order valence-electron chi connectivity index (χ0n) is 19.3. The van der Waals surface area contributed by atoms with Crippen LogP contribution in [0, 0.1) is 31.9 Å². The number of imide groups is 1. The fourth-order valence-corrected chi connectivity index (χ4v) is 4.16. The van der Waals surface area contributed by atoms with Crippen LogP contribution in [0.15, 0.2) is 65.6 Å². The highest BCUT2D eigenvalue weighted by Crippen LogP contribution is 2.35. The SMILES string of the molecule is O=C(CN1C(=O)S/C(=C/c2ccc(Oc3ccc([N+](=O)[O-])cc3[N+](=O)[O-])cc2)C1=O)Nc1ccc(F)cc1F. The van der Waals surface area contributed by atoms with Gasteiger partial charge in [-0.2, -0.15) is 0 Å². The fraction of sp³-hybridized carbons (Fsp3) is 0.0417. The molecule has 3 aromatic carbocycles. The number of carbonyl (C=O) groups excluding carboxylic acids is 3. The first-order chi connectivity index (χ1) is 18.5. The van der Waals surface area contributed by atoms with Gasteiger partial charge in [0.2, 0.25) is 11.7 Å². The summed E-state index contributed by atoms with van der Waals surface area (Å²) in [4.78, 5) is 58.4. The van der Waals surface area contributed by atoms with Crippen LogP contribution in [0.2, 0.25) is 0 Å². The normalized spacial score (nSPS) is 14.0. The molecule has 198 valence electrons. The number of nitro groups is 2. The standard InChI is InChI=1S/C24H14F2N4O8S/c25-14-3-7-18(17(26)10-14)27-22(31)12-28-23(32)21(39-24(28)33)9-13-1-5-16(6-2-13)38-20-8-4-15(29(34)35)11-19(20)30(36)37/h1-11H,12H2,(H,27,31)/b21-9+. The van der Waals surface area contributed by atoms with Gasteiger partial charge in [-0.15, -0.1) is 0 Å². The summed E-state index contributed by atoms with van der Waals surface area (Å²) in [7, 11) is 0. The molecule has 0 spiro atoms. The van der Waals surface area contributed by atoms with E-state index < -0.39 is 56.5 Å². The summed E-state index contributed by atoms with van der Waals surface area (Å²) < 4.78 is 32.3. The van der Waals surface area contributed by atoms with Gasteiger partial charge in [0.1, 0.15) is 23.9 Å². The van der Waals surface area contributed by atoms with Crippen LogP contribution in [0.1, 0.15) is 5.56 Å². The van der Waals surface area contributed by atoms with Crippen molar-refractivity contribution in [2.24, 2.45) is 0 Å². The number of hydrogen-bond acceptors (Lipinski definition) is 9. The minimum atomic E-state index is -1.02. The van der Waals surface area contributed by atoms with Crippen LogP contribution >= 0.6 is 11.8 Å². The second-order valence-corrected chi connectivity index (χ2v) is 8.77. The molecule has 0 saturated carbocycles. The van der Waals surface area contributed by atoms with E-state index in [1.165, 1.54) is 30.3 Å². The Kier molecular flexibility index (Phi) is 7.62. The molecule has 1 heterocycles. The summed E-state index contributed by atoms with van der Waals surface area (Å²) in [6, 6.07) is 11.3. The number of ether oxygens (including phenoxy) is 1. The molecule has 0 aliphatic carbocycles. The lowest BCUT2D eigenvalue weighted by Gasteiger charge is -2.12. The van der Waals surface area contributed by atoms with Crippen molar-refractivity contribution in [3.63, 3.8) is 0 Å². The number of hydrogen-bond donors (Lipinski definition) is 1. The first kappa shape index (κ1) is 26.9. The van der Waals surface area contributed by atoms with Crippen molar-refractivity contribution in [1.29, 1.82) is 0 Å². The quantitative estimate of drug-likeness (QED) is 0.222. The molecular weight excluding hydrogens is 542 g/mol. The van der Waals surface area contributed by atoms with Gasteiger partial charge in [-0.05, 0) is 53.7 Å². The summed E-state index contributed by atoms with van der Waals surface area (Å²) >= 11 is 0.579. The zero-order valence-corrected chi connectivity index (χ0v) is 20.1. The van der Waals surface area contributed by atoms with Gasteiger partial charge >= 0.3 is 5.69 Å². The number of benzene rings is 3. The number of nitro benzene ring substituents is 2. The van der Waals surface area contributed by atoms with E-state index in [1.807, 2.05) is 0 Å². The average molecular weight is 556 g/mol. The third-order valence-corrected chi connectivity index (χ3v) is 6.04. The lowest BCUT2D eigenvalue weighted by atomic mass is 10.2. The maximum atomic E-state index is 13.8. The van der Waals surface area contributed by atoms with Crippen molar-refractivity contribution in [3.05, 3.63) is 103 Å². The molecule has 0 unspecified atom stereocenters. The summed E-state index contributed by atoms with van der Waals surface area (Å²) in [5.74, 6) is -3.56. The van der Waals surface area contributed by atoms with E-state index in [2.05, 4.69) is 5.32 Å². The molecule has 15 heteroatoms. The molecule has 0 radical (unpaired) electrons. The number of halogens is 2. The van der Waals surface area contributed by atoms with Gasteiger partial charge in [0.25, 0.3) is 16.8 Å². The number of nitrogens with zero attached hydrogens (tertiary/aromatic N) is 3. The molecule has 3 aromatic rings. The minimum absolute atomic E-state index is 0.000405. The van der Waals surface area contributed by atoms with Gasteiger partial charge in [-0.25, -0.2) is 8.78 Å². The molecular formula is C24H14F2N4O8S. The number of non-ortho nitro benzene ring substituents is 1.